The Morgan fingerprint density at radius 2 is 1.80 bits per heavy atom. The van der Waals surface area contributed by atoms with Gasteiger partial charge in [0.05, 0.1) is 13.7 Å². The van der Waals surface area contributed by atoms with Gasteiger partial charge in [0.1, 0.15) is 6.04 Å². The number of hydrogen-bond acceptors (Lipinski definition) is 3. The average Bonchev–Trinajstić information content (AvgIpc) is 1.99. The van der Waals surface area contributed by atoms with E-state index in [1.807, 2.05) is 0 Å². The van der Waals surface area contributed by atoms with Gasteiger partial charge in [-0.2, -0.15) is 13.2 Å². The zero-order chi connectivity index (χ0) is 12.3. The smallest absolute Gasteiger partial charge is 0.401 e. The Bertz CT molecular complexity index is 220. The molecule has 0 unspecified atom stereocenters. The summed E-state index contributed by atoms with van der Waals surface area (Å²) in [6, 6.07) is -0.968. The van der Waals surface area contributed by atoms with Gasteiger partial charge >= 0.3 is 12.1 Å². The van der Waals surface area contributed by atoms with E-state index in [0.717, 1.165) is 7.11 Å². The van der Waals surface area contributed by atoms with Gasteiger partial charge < -0.3 is 4.74 Å². The van der Waals surface area contributed by atoms with Crippen molar-refractivity contribution in [1.29, 1.82) is 0 Å². The van der Waals surface area contributed by atoms with Crippen molar-refractivity contribution in [3.05, 3.63) is 0 Å². The molecule has 0 bridgehead atoms. The maximum absolute atomic E-state index is 12.0. The molecule has 0 aromatic carbocycles. The van der Waals surface area contributed by atoms with Crippen molar-refractivity contribution in [2.45, 2.75) is 33.0 Å². The first-order valence-electron chi connectivity index (χ1n) is 4.46. The average molecular weight is 227 g/mol. The normalized spacial score (nSPS) is 14.9. The molecule has 0 aliphatic heterocycles. The van der Waals surface area contributed by atoms with Gasteiger partial charge in [-0.1, -0.05) is 20.8 Å². The first kappa shape index (κ1) is 14.2. The third kappa shape index (κ3) is 5.61. The molecular formula is C9H16F3NO2. The maximum Gasteiger partial charge on any atom is 0.401 e. The van der Waals surface area contributed by atoms with Crippen molar-refractivity contribution < 1.29 is 22.7 Å². The van der Waals surface area contributed by atoms with Crippen molar-refractivity contribution in [2.75, 3.05) is 13.7 Å². The lowest BCUT2D eigenvalue weighted by Crippen LogP contribution is -2.50. The molecule has 0 aliphatic carbocycles. The molecule has 0 saturated heterocycles. The number of esters is 1. The highest BCUT2D eigenvalue weighted by Gasteiger charge is 2.36. The zero-order valence-electron chi connectivity index (χ0n) is 9.23. The largest absolute Gasteiger partial charge is 0.468 e. The van der Waals surface area contributed by atoms with Crippen LogP contribution in [0.4, 0.5) is 13.2 Å². The first-order valence-corrected chi connectivity index (χ1v) is 4.46. The lowest BCUT2D eigenvalue weighted by Gasteiger charge is -2.29. The third-order valence-electron chi connectivity index (χ3n) is 1.81. The summed E-state index contributed by atoms with van der Waals surface area (Å²) in [7, 11) is 1.15. The fourth-order valence-electron chi connectivity index (χ4n) is 1.08. The van der Waals surface area contributed by atoms with E-state index in [4.69, 9.17) is 0 Å². The highest BCUT2D eigenvalue weighted by Crippen LogP contribution is 2.22. The molecule has 0 rings (SSSR count). The van der Waals surface area contributed by atoms with Crippen molar-refractivity contribution in [3.63, 3.8) is 0 Å². The molecule has 3 nitrogen and oxygen atoms in total. The second-order valence-electron chi connectivity index (χ2n) is 4.32. The number of hydrogen-bond donors (Lipinski definition) is 1. The zero-order valence-corrected chi connectivity index (χ0v) is 9.23. The van der Waals surface area contributed by atoms with E-state index in [0.29, 0.717) is 0 Å². The summed E-state index contributed by atoms with van der Waals surface area (Å²) >= 11 is 0. The molecule has 0 aromatic rings. The molecule has 1 atom stereocenters. The maximum atomic E-state index is 12.0. The highest BCUT2D eigenvalue weighted by molar-refractivity contribution is 5.76. The van der Waals surface area contributed by atoms with Gasteiger partial charge in [-0.3, -0.25) is 10.1 Å². The van der Waals surface area contributed by atoms with Crippen LogP contribution in [-0.4, -0.2) is 31.8 Å². The predicted octanol–water partition coefficient (Wildman–Crippen LogP) is 1.73. The van der Waals surface area contributed by atoms with Gasteiger partial charge in [0, 0.05) is 0 Å². The molecule has 1 N–H and O–H groups in total. The molecule has 0 saturated carbocycles. The van der Waals surface area contributed by atoms with Crippen LogP contribution in [0.1, 0.15) is 20.8 Å². The Kier molecular flexibility index (Phi) is 4.58. The Balaban J connectivity index is 4.48. The molecule has 6 heteroatoms. The second kappa shape index (κ2) is 4.83. The van der Waals surface area contributed by atoms with Crippen molar-refractivity contribution in [2.24, 2.45) is 5.41 Å². The van der Waals surface area contributed by atoms with Crippen molar-refractivity contribution in [3.8, 4) is 0 Å². The fraction of sp³-hybridized carbons (Fsp3) is 0.889. The number of ether oxygens (including phenoxy) is 1. The predicted molar refractivity (Wildman–Crippen MR) is 49.3 cm³/mol. The molecule has 0 radical (unpaired) electrons. The van der Waals surface area contributed by atoms with E-state index < -0.39 is 30.1 Å². The van der Waals surface area contributed by atoms with Gasteiger partial charge in [-0.05, 0) is 5.41 Å². The van der Waals surface area contributed by atoms with Crippen molar-refractivity contribution >= 4 is 5.97 Å². The van der Waals surface area contributed by atoms with Crippen LogP contribution < -0.4 is 5.32 Å². The molecule has 15 heavy (non-hydrogen) atoms. The molecule has 0 aliphatic rings. The minimum Gasteiger partial charge on any atom is -0.468 e. The van der Waals surface area contributed by atoms with Crippen LogP contribution in [0.2, 0.25) is 0 Å². The van der Waals surface area contributed by atoms with Gasteiger partial charge in [0.15, 0.2) is 0 Å². The number of carbonyl (C=O) groups is 1. The van der Waals surface area contributed by atoms with Crippen LogP contribution in [-0.2, 0) is 9.53 Å². The first-order chi connectivity index (χ1) is 6.58. The number of methoxy groups -OCH3 is 1. The van der Waals surface area contributed by atoms with Crippen molar-refractivity contribution in [1.82, 2.24) is 5.32 Å². The van der Waals surface area contributed by atoms with Gasteiger partial charge in [-0.15, -0.1) is 0 Å². The molecule has 0 aromatic heterocycles. The Morgan fingerprint density at radius 1 is 1.33 bits per heavy atom. The summed E-state index contributed by atoms with van der Waals surface area (Å²) in [5.74, 6) is -0.688. The quantitative estimate of drug-likeness (QED) is 0.746. The molecule has 0 heterocycles. The van der Waals surface area contributed by atoms with E-state index in [2.05, 4.69) is 10.1 Å². The number of nitrogens with one attached hydrogen (secondary N) is 1. The standard InChI is InChI=1S/C9H16F3NO2/c1-8(2,3)6(7(14)15-4)13-5-9(10,11)12/h6,13H,5H2,1-4H3/t6-/m1/s1. The van der Waals surface area contributed by atoms with E-state index in [1.54, 1.807) is 20.8 Å². The summed E-state index contributed by atoms with van der Waals surface area (Å²) in [5, 5.41) is 2.15. The Morgan fingerprint density at radius 3 is 2.07 bits per heavy atom. The summed E-state index contributed by atoms with van der Waals surface area (Å²) in [6.45, 7) is 3.79. The topological polar surface area (TPSA) is 38.3 Å². The highest BCUT2D eigenvalue weighted by atomic mass is 19.4. The lowest BCUT2D eigenvalue weighted by atomic mass is 9.87. The summed E-state index contributed by atoms with van der Waals surface area (Å²) in [4.78, 5) is 11.2. The van der Waals surface area contributed by atoms with E-state index in [-0.39, 0.29) is 0 Å². The number of carbonyl (C=O) groups excluding carboxylic acids is 1. The number of alkyl halides is 3. The van der Waals surface area contributed by atoms with Gasteiger partial charge in [-0.25, -0.2) is 0 Å². The van der Waals surface area contributed by atoms with E-state index >= 15 is 0 Å². The summed E-state index contributed by atoms with van der Waals surface area (Å²) in [5.41, 5.74) is -0.627. The minimum absolute atomic E-state index is 0.627. The molecule has 0 spiro atoms. The minimum atomic E-state index is -4.34. The van der Waals surface area contributed by atoms with E-state index in [9.17, 15) is 18.0 Å². The Labute approximate surface area is 87.0 Å². The molecule has 90 valence electrons. The van der Waals surface area contributed by atoms with Gasteiger partial charge in [0.2, 0.25) is 0 Å². The summed E-state index contributed by atoms with van der Waals surface area (Å²) < 4.78 is 40.3. The van der Waals surface area contributed by atoms with Crippen LogP contribution >= 0.6 is 0 Å². The molecule has 0 fully saturated rings. The molecule has 0 amide bonds. The van der Waals surface area contributed by atoms with Crippen LogP contribution in [0, 0.1) is 5.41 Å². The monoisotopic (exact) mass is 227 g/mol. The van der Waals surface area contributed by atoms with Crippen LogP contribution in [0.25, 0.3) is 0 Å². The lowest BCUT2D eigenvalue weighted by molar-refractivity contribution is -0.150. The van der Waals surface area contributed by atoms with E-state index in [1.165, 1.54) is 0 Å². The van der Waals surface area contributed by atoms with Crippen LogP contribution in [0.5, 0.6) is 0 Å². The number of rotatable bonds is 3. The Hall–Kier alpha value is -0.780. The van der Waals surface area contributed by atoms with Crippen LogP contribution in [0.15, 0.2) is 0 Å². The second-order valence-corrected chi connectivity index (χ2v) is 4.32. The third-order valence-corrected chi connectivity index (χ3v) is 1.81. The van der Waals surface area contributed by atoms with Gasteiger partial charge in [0.25, 0.3) is 0 Å². The van der Waals surface area contributed by atoms with Crippen LogP contribution in [0.3, 0.4) is 0 Å². The number of halogens is 3. The summed E-state index contributed by atoms with van der Waals surface area (Å²) in [6.07, 6.45) is -4.34. The molecular weight excluding hydrogens is 211 g/mol. The fourth-order valence-corrected chi connectivity index (χ4v) is 1.08. The SMILES string of the molecule is COC(=O)[C@@H](NCC(F)(F)F)C(C)(C)C.